The standard InChI is InChI=1S/C16H18N2O3/c1-11-3-6-13(7-4-11)21-15-8-5-12(10-18-15)9-14(17)16(19)20-2/h3-8,10,14H,9,17H2,1-2H3. The smallest absolute Gasteiger partial charge is 0.322 e. The number of hydrogen-bond donors (Lipinski definition) is 1. The highest BCUT2D eigenvalue weighted by atomic mass is 16.5. The van der Waals surface area contributed by atoms with Crippen molar-refractivity contribution >= 4 is 5.97 Å². The first kappa shape index (κ1) is 15.0. The summed E-state index contributed by atoms with van der Waals surface area (Å²) in [6, 6.07) is 10.6. The third-order valence-electron chi connectivity index (χ3n) is 3.00. The molecule has 21 heavy (non-hydrogen) atoms. The molecule has 5 heteroatoms. The zero-order valence-electron chi connectivity index (χ0n) is 12.1. The summed E-state index contributed by atoms with van der Waals surface area (Å²) in [4.78, 5) is 15.5. The molecule has 0 amide bonds. The van der Waals surface area contributed by atoms with Gasteiger partial charge >= 0.3 is 5.97 Å². The second-order valence-corrected chi connectivity index (χ2v) is 4.75. The number of benzene rings is 1. The van der Waals surface area contributed by atoms with Crippen LogP contribution in [0.4, 0.5) is 0 Å². The van der Waals surface area contributed by atoms with Crippen LogP contribution in [0.15, 0.2) is 42.6 Å². The van der Waals surface area contributed by atoms with Crippen LogP contribution in [0.1, 0.15) is 11.1 Å². The Hall–Kier alpha value is -2.40. The lowest BCUT2D eigenvalue weighted by Crippen LogP contribution is -2.33. The van der Waals surface area contributed by atoms with Crippen molar-refractivity contribution in [2.75, 3.05) is 7.11 Å². The van der Waals surface area contributed by atoms with Crippen LogP contribution in [0.25, 0.3) is 0 Å². The van der Waals surface area contributed by atoms with E-state index in [4.69, 9.17) is 10.5 Å². The number of nitrogens with zero attached hydrogens (tertiary/aromatic N) is 1. The van der Waals surface area contributed by atoms with Crippen LogP contribution in [0, 0.1) is 6.92 Å². The molecule has 0 spiro atoms. The van der Waals surface area contributed by atoms with Gasteiger partial charge in [-0.25, -0.2) is 4.98 Å². The van der Waals surface area contributed by atoms with Crippen molar-refractivity contribution in [2.45, 2.75) is 19.4 Å². The normalized spacial score (nSPS) is 11.8. The summed E-state index contributed by atoms with van der Waals surface area (Å²) in [7, 11) is 1.32. The molecule has 0 bridgehead atoms. The van der Waals surface area contributed by atoms with E-state index < -0.39 is 12.0 Å². The summed E-state index contributed by atoms with van der Waals surface area (Å²) in [6.07, 6.45) is 2.02. The minimum Gasteiger partial charge on any atom is -0.468 e. The van der Waals surface area contributed by atoms with Crippen molar-refractivity contribution in [3.63, 3.8) is 0 Å². The molecule has 2 N–H and O–H groups in total. The number of carbonyl (C=O) groups excluding carboxylic acids is 1. The van der Waals surface area contributed by atoms with E-state index in [9.17, 15) is 4.79 Å². The molecule has 0 aliphatic rings. The molecule has 1 heterocycles. The van der Waals surface area contributed by atoms with Gasteiger partial charge in [0.15, 0.2) is 0 Å². The number of nitrogens with two attached hydrogens (primary N) is 1. The van der Waals surface area contributed by atoms with Gasteiger partial charge in [0.2, 0.25) is 5.88 Å². The minimum absolute atomic E-state index is 0.379. The van der Waals surface area contributed by atoms with E-state index in [0.29, 0.717) is 12.3 Å². The zero-order valence-corrected chi connectivity index (χ0v) is 12.1. The molecule has 110 valence electrons. The average molecular weight is 286 g/mol. The fourth-order valence-electron chi connectivity index (χ4n) is 1.81. The molecule has 0 fully saturated rings. The van der Waals surface area contributed by atoms with Gasteiger partial charge in [0.05, 0.1) is 7.11 Å². The largest absolute Gasteiger partial charge is 0.468 e. The molecule has 0 radical (unpaired) electrons. The highest BCUT2D eigenvalue weighted by Crippen LogP contribution is 2.19. The molecule has 5 nitrogen and oxygen atoms in total. The van der Waals surface area contributed by atoms with Gasteiger partial charge in [-0.1, -0.05) is 23.8 Å². The van der Waals surface area contributed by atoms with E-state index in [1.807, 2.05) is 37.3 Å². The fraction of sp³-hybridized carbons (Fsp3) is 0.250. The number of esters is 1. The third-order valence-corrected chi connectivity index (χ3v) is 3.00. The van der Waals surface area contributed by atoms with Crippen molar-refractivity contribution in [2.24, 2.45) is 5.73 Å². The second-order valence-electron chi connectivity index (χ2n) is 4.75. The summed E-state index contributed by atoms with van der Waals surface area (Å²) in [6.45, 7) is 2.02. The lowest BCUT2D eigenvalue weighted by molar-refractivity contribution is -0.142. The van der Waals surface area contributed by atoms with Crippen LogP contribution in [0.5, 0.6) is 11.6 Å². The van der Waals surface area contributed by atoms with E-state index in [1.165, 1.54) is 12.7 Å². The summed E-state index contributed by atoms with van der Waals surface area (Å²) in [5.74, 6) is 0.788. The molecule has 0 saturated heterocycles. The highest BCUT2D eigenvalue weighted by molar-refractivity contribution is 5.75. The van der Waals surface area contributed by atoms with Crippen molar-refractivity contribution in [3.05, 3.63) is 53.7 Å². The van der Waals surface area contributed by atoms with Crippen LogP contribution in [-0.4, -0.2) is 24.1 Å². The van der Waals surface area contributed by atoms with Gasteiger partial charge in [-0.2, -0.15) is 0 Å². The molecular formula is C16H18N2O3. The Morgan fingerprint density at radius 1 is 1.24 bits per heavy atom. The van der Waals surface area contributed by atoms with Crippen LogP contribution < -0.4 is 10.5 Å². The molecule has 1 atom stereocenters. The van der Waals surface area contributed by atoms with Crippen LogP contribution in [0.3, 0.4) is 0 Å². The molecule has 2 rings (SSSR count). The maximum Gasteiger partial charge on any atom is 0.322 e. The first-order valence-corrected chi connectivity index (χ1v) is 6.61. The molecule has 0 aliphatic carbocycles. The van der Waals surface area contributed by atoms with E-state index >= 15 is 0 Å². The van der Waals surface area contributed by atoms with Gasteiger partial charge < -0.3 is 15.2 Å². The van der Waals surface area contributed by atoms with Gasteiger partial charge in [-0.3, -0.25) is 4.79 Å². The Balaban J connectivity index is 1.98. The third kappa shape index (κ3) is 4.29. The molecular weight excluding hydrogens is 268 g/mol. The number of ether oxygens (including phenoxy) is 2. The Labute approximate surface area is 123 Å². The number of aryl methyl sites for hydroxylation is 1. The maximum absolute atomic E-state index is 11.3. The quantitative estimate of drug-likeness (QED) is 0.853. The van der Waals surface area contributed by atoms with Crippen molar-refractivity contribution in [1.82, 2.24) is 4.98 Å². The highest BCUT2D eigenvalue weighted by Gasteiger charge is 2.14. The van der Waals surface area contributed by atoms with Crippen LogP contribution in [0.2, 0.25) is 0 Å². The van der Waals surface area contributed by atoms with Crippen molar-refractivity contribution in [1.29, 1.82) is 0 Å². The molecule has 0 saturated carbocycles. The lowest BCUT2D eigenvalue weighted by Gasteiger charge is -2.09. The first-order chi connectivity index (χ1) is 10.1. The van der Waals surface area contributed by atoms with E-state index in [2.05, 4.69) is 9.72 Å². The Bertz CT molecular complexity index is 594. The Morgan fingerprint density at radius 2 is 1.95 bits per heavy atom. The number of pyridine rings is 1. The topological polar surface area (TPSA) is 74.4 Å². The number of methoxy groups -OCH3 is 1. The SMILES string of the molecule is COC(=O)C(N)Cc1ccc(Oc2ccc(C)cc2)nc1. The number of carbonyl (C=O) groups is 1. The lowest BCUT2D eigenvalue weighted by atomic mass is 10.1. The molecule has 1 aromatic carbocycles. The van der Waals surface area contributed by atoms with E-state index in [0.717, 1.165) is 11.3 Å². The Kier molecular flexibility index (Phi) is 4.90. The molecule has 0 aliphatic heterocycles. The first-order valence-electron chi connectivity index (χ1n) is 6.61. The summed E-state index contributed by atoms with van der Waals surface area (Å²) >= 11 is 0. The number of aromatic nitrogens is 1. The zero-order chi connectivity index (χ0) is 15.2. The number of rotatable bonds is 5. The van der Waals surface area contributed by atoms with Gasteiger partial charge in [-0.05, 0) is 31.0 Å². The van der Waals surface area contributed by atoms with Crippen LogP contribution in [-0.2, 0) is 16.0 Å². The van der Waals surface area contributed by atoms with Gasteiger partial charge in [0, 0.05) is 12.3 Å². The summed E-state index contributed by atoms with van der Waals surface area (Å²) < 4.78 is 10.2. The number of hydrogen-bond acceptors (Lipinski definition) is 5. The molecule has 1 unspecified atom stereocenters. The van der Waals surface area contributed by atoms with Gasteiger partial charge in [-0.15, -0.1) is 0 Å². The predicted octanol–water partition coefficient (Wildman–Crippen LogP) is 2.23. The van der Waals surface area contributed by atoms with Crippen molar-refractivity contribution in [3.8, 4) is 11.6 Å². The summed E-state index contributed by atoms with van der Waals surface area (Å²) in [5, 5.41) is 0. The van der Waals surface area contributed by atoms with Gasteiger partial charge in [0.1, 0.15) is 11.8 Å². The second kappa shape index (κ2) is 6.85. The maximum atomic E-state index is 11.3. The van der Waals surface area contributed by atoms with E-state index in [1.54, 1.807) is 12.3 Å². The average Bonchev–Trinajstić information content (AvgIpc) is 2.50. The predicted molar refractivity (Wildman–Crippen MR) is 79.2 cm³/mol. The van der Waals surface area contributed by atoms with Gasteiger partial charge in [0.25, 0.3) is 0 Å². The molecule has 1 aromatic heterocycles. The Morgan fingerprint density at radius 3 is 2.52 bits per heavy atom. The molecule has 2 aromatic rings. The fourth-order valence-corrected chi connectivity index (χ4v) is 1.81. The van der Waals surface area contributed by atoms with E-state index in [-0.39, 0.29) is 0 Å². The minimum atomic E-state index is -0.680. The van der Waals surface area contributed by atoms with Crippen molar-refractivity contribution < 1.29 is 14.3 Å². The van der Waals surface area contributed by atoms with Crippen LogP contribution >= 0.6 is 0 Å². The summed E-state index contributed by atoms with van der Waals surface area (Å²) in [5.41, 5.74) is 7.72. The monoisotopic (exact) mass is 286 g/mol.